The molecule has 1 aliphatic carbocycles. The monoisotopic (exact) mass is 495 g/mol. The molecule has 2 aliphatic rings. The summed E-state index contributed by atoms with van der Waals surface area (Å²) in [6, 6.07) is 1.99. The molecular formula is C24H38ClN5O2S. The van der Waals surface area contributed by atoms with Crippen molar-refractivity contribution < 1.29 is 9.59 Å². The minimum atomic E-state index is -0.0373. The largest absolute Gasteiger partial charge is 0.353 e. The number of hydrogen-bond donors (Lipinski definition) is 1. The summed E-state index contributed by atoms with van der Waals surface area (Å²) in [6.45, 7) is 10.4. The fourth-order valence-corrected chi connectivity index (χ4v) is 5.40. The molecule has 1 saturated heterocycles. The van der Waals surface area contributed by atoms with E-state index in [-0.39, 0.29) is 29.7 Å². The number of carbonyl (C=O) groups excluding carboxylic acids is 2. The zero-order chi connectivity index (χ0) is 24.0. The highest BCUT2D eigenvalue weighted by Gasteiger charge is 2.29. The van der Waals surface area contributed by atoms with Gasteiger partial charge in [-0.05, 0) is 32.1 Å². The summed E-state index contributed by atoms with van der Waals surface area (Å²) >= 11 is 7.56. The van der Waals surface area contributed by atoms with Crippen molar-refractivity contribution in [1.29, 1.82) is 0 Å². The summed E-state index contributed by atoms with van der Waals surface area (Å²) in [4.78, 5) is 38.1. The fourth-order valence-electron chi connectivity index (χ4n) is 4.51. The number of carbonyl (C=O) groups is 2. The Morgan fingerprint density at radius 1 is 1.21 bits per heavy atom. The quantitative estimate of drug-likeness (QED) is 0.311. The van der Waals surface area contributed by atoms with E-state index in [0.29, 0.717) is 42.3 Å². The Morgan fingerprint density at radius 3 is 2.61 bits per heavy atom. The summed E-state index contributed by atoms with van der Waals surface area (Å²) in [5, 5.41) is 3.85. The fraction of sp³-hybridized carbons (Fsp3) is 0.750. The number of halogens is 1. The molecule has 9 heteroatoms. The van der Waals surface area contributed by atoms with E-state index in [0.717, 1.165) is 18.2 Å². The number of rotatable bonds is 9. The van der Waals surface area contributed by atoms with E-state index in [9.17, 15) is 9.59 Å². The van der Waals surface area contributed by atoms with E-state index < -0.39 is 0 Å². The van der Waals surface area contributed by atoms with E-state index in [1.807, 2.05) is 11.8 Å². The van der Waals surface area contributed by atoms with Crippen LogP contribution in [-0.2, 0) is 9.59 Å². The zero-order valence-corrected chi connectivity index (χ0v) is 21.9. The Bertz CT molecular complexity index is 818. The van der Waals surface area contributed by atoms with Crippen LogP contribution in [0.25, 0.3) is 0 Å². The van der Waals surface area contributed by atoms with Crippen LogP contribution in [0.5, 0.6) is 0 Å². The topological polar surface area (TPSA) is 78.4 Å². The van der Waals surface area contributed by atoms with Crippen molar-refractivity contribution in [2.75, 3.05) is 30.3 Å². The molecule has 7 nitrogen and oxygen atoms in total. The molecule has 2 fully saturated rings. The van der Waals surface area contributed by atoms with Crippen molar-refractivity contribution >= 4 is 41.0 Å². The molecule has 0 aromatic carbocycles. The zero-order valence-electron chi connectivity index (χ0n) is 20.3. The SMILES string of the molecule is CC(C)C(C)NC(=O)CSc1nc(Cl)cc(N2CCN(C(=O)CCC3CCCC3)C(C)C2)n1. The summed E-state index contributed by atoms with van der Waals surface area (Å²) in [7, 11) is 0. The first-order chi connectivity index (χ1) is 15.7. The predicted molar refractivity (Wildman–Crippen MR) is 135 cm³/mol. The second-order valence-corrected chi connectivity index (χ2v) is 11.1. The molecule has 2 atom stereocenters. The molecule has 0 spiro atoms. The van der Waals surface area contributed by atoms with Crippen LogP contribution in [0.4, 0.5) is 5.82 Å². The number of nitrogens with zero attached hydrogens (tertiary/aromatic N) is 4. The lowest BCUT2D eigenvalue weighted by Crippen LogP contribution is -2.54. The van der Waals surface area contributed by atoms with Gasteiger partial charge in [-0.3, -0.25) is 9.59 Å². The van der Waals surface area contributed by atoms with Gasteiger partial charge in [0, 0.05) is 44.2 Å². The lowest BCUT2D eigenvalue weighted by molar-refractivity contribution is -0.134. The summed E-state index contributed by atoms with van der Waals surface area (Å²) in [5.74, 6) is 2.34. The molecule has 0 bridgehead atoms. The molecule has 1 saturated carbocycles. The van der Waals surface area contributed by atoms with Crippen molar-refractivity contribution in [1.82, 2.24) is 20.2 Å². The lowest BCUT2D eigenvalue weighted by atomic mass is 10.0. The molecule has 2 unspecified atom stereocenters. The van der Waals surface area contributed by atoms with Crippen LogP contribution in [0.2, 0.25) is 5.15 Å². The standard InChI is InChI=1S/C24H38ClN5O2S/c1-16(2)18(4)26-22(31)15-33-24-27-20(25)13-21(28-24)29-11-12-30(17(3)14-29)23(32)10-9-19-7-5-6-8-19/h13,16-19H,5-12,14-15H2,1-4H3,(H,26,31). The molecule has 1 aromatic rings. The molecule has 2 heterocycles. The highest BCUT2D eigenvalue weighted by atomic mass is 35.5. The first kappa shape index (κ1) is 26.1. The molecule has 1 N–H and O–H groups in total. The first-order valence-corrected chi connectivity index (χ1v) is 13.6. The average Bonchev–Trinajstić information content (AvgIpc) is 3.29. The Balaban J connectivity index is 1.53. The Kier molecular flexibility index (Phi) is 9.68. The molecule has 33 heavy (non-hydrogen) atoms. The minimum absolute atomic E-state index is 0.0373. The molecule has 0 radical (unpaired) electrons. The van der Waals surface area contributed by atoms with E-state index >= 15 is 0 Å². The van der Waals surface area contributed by atoms with Gasteiger partial charge in [0.25, 0.3) is 0 Å². The van der Waals surface area contributed by atoms with E-state index in [1.165, 1.54) is 37.4 Å². The first-order valence-electron chi connectivity index (χ1n) is 12.2. The second kappa shape index (κ2) is 12.2. The van der Waals surface area contributed by atoms with Crippen molar-refractivity contribution in [2.24, 2.45) is 11.8 Å². The Morgan fingerprint density at radius 2 is 1.94 bits per heavy atom. The van der Waals surface area contributed by atoms with E-state index in [1.54, 1.807) is 6.07 Å². The third-order valence-corrected chi connectivity index (χ3v) is 7.94. The molecule has 1 aromatic heterocycles. The number of anilines is 1. The third kappa shape index (κ3) is 7.74. The van der Waals surface area contributed by atoms with Gasteiger partial charge >= 0.3 is 0 Å². The van der Waals surface area contributed by atoms with Crippen LogP contribution < -0.4 is 10.2 Å². The Labute approximate surface area is 207 Å². The highest BCUT2D eigenvalue weighted by molar-refractivity contribution is 7.99. The number of hydrogen-bond acceptors (Lipinski definition) is 6. The Hall–Kier alpha value is -1.54. The molecular weight excluding hydrogens is 458 g/mol. The third-order valence-electron chi connectivity index (χ3n) is 6.89. The molecule has 184 valence electrons. The van der Waals surface area contributed by atoms with Crippen molar-refractivity contribution in [3.8, 4) is 0 Å². The van der Waals surface area contributed by atoms with E-state index in [4.69, 9.17) is 11.6 Å². The van der Waals surface area contributed by atoms with Gasteiger partial charge in [0.2, 0.25) is 11.8 Å². The van der Waals surface area contributed by atoms with Crippen LogP contribution in [0, 0.1) is 11.8 Å². The smallest absolute Gasteiger partial charge is 0.230 e. The van der Waals surface area contributed by atoms with Crippen molar-refractivity contribution in [2.45, 2.75) is 83.5 Å². The van der Waals surface area contributed by atoms with Crippen LogP contribution in [0.3, 0.4) is 0 Å². The predicted octanol–water partition coefficient (Wildman–Crippen LogP) is 4.39. The van der Waals surface area contributed by atoms with Gasteiger partial charge in [-0.15, -0.1) is 0 Å². The lowest BCUT2D eigenvalue weighted by Gasteiger charge is -2.40. The van der Waals surface area contributed by atoms with Crippen molar-refractivity contribution in [3.05, 3.63) is 11.2 Å². The number of nitrogens with one attached hydrogen (secondary N) is 1. The number of piperazine rings is 1. The van der Waals surface area contributed by atoms with Gasteiger partial charge in [0.1, 0.15) is 11.0 Å². The van der Waals surface area contributed by atoms with Gasteiger partial charge in [0.15, 0.2) is 5.16 Å². The van der Waals surface area contributed by atoms with Crippen molar-refractivity contribution in [3.63, 3.8) is 0 Å². The van der Waals surface area contributed by atoms with Crippen LogP contribution in [-0.4, -0.2) is 64.2 Å². The van der Waals surface area contributed by atoms with Crippen LogP contribution in [0.15, 0.2) is 11.2 Å². The maximum Gasteiger partial charge on any atom is 0.230 e. The van der Waals surface area contributed by atoms with Gasteiger partial charge in [-0.1, -0.05) is 62.9 Å². The maximum atomic E-state index is 12.8. The molecule has 1 aliphatic heterocycles. The van der Waals surface area contributed by atoms with Crippen LogP contribution in [0.1, 0.15) is 66.2 Å². The van der Waals surface area contributed by atoms with E-state index in [2.05, 4.69) is 41.0 Å². The number of thioether (sulfide) groups is 1. The average molecular weight is 496 g/mol. The minimum Gasteiger partial charge on any atom is -0.353 e. The number of amides is 2. The molecule has 3 rings (SSSR count). The van der Waals surface area contributed by atoms with Gasteiger partial charge in [0.05, 0.1) is 5.75 Å². The van der Waals surface area contributed by atoms with Crippen LogP contribution >= 0.6 is 23.4 Å². The summed E-state index contributed by atoms with van der Waals surface area (Å²) in [6.07, 6.45) is 6.88. The van der Waals surface area contributed by atoms with Gasteiger partial charge in [-0.2, -0.15) is 0 Å². The highest BCUT2D eigenvalue weighted by Crippen LogP contribution is 2.29. The van der Waals surface area contributed by atoms with Gasteiger partial charge < -0.3 is 15.1 Å². The summed E-state index contributed by atoms with van der Waals surface area (Å²) < 4.78 is 0. The molecule has 2 amide bonds. The second-order valence-electron chi connectivity index (χ2n) is 9.79. The van der Waals surface area contributed by atoms with Gasteiger partial charge in [-0.25, -0.2) is 9.97 Å². The summed E-state index contributed by atoms with van der Waals surface area (Å²) in [5.41, 5.74) is 0. The maximum absolute atomic E-state index is 12.8. The number of aromatic nitrogens is 2. The normalized spacial score (nSPS) is 20.4.